The Balaban J connectivity index is 1.44. The highest BCUT2D eigenvalue weighted by Gasteiger charge is 2.25. The average molecular weight is 384 g/mol. The van der Waals surface area contributed by atoms with Gasteiger partial charge in [-0.15, -0.1) is 0 Å². The number of benzene rings is 1. The second kappa shape index (κ2) is 7.37. The lowest BCUT2D eigenvalue weighted by molar-refractivity contribution is 0.344. The summed E-state index contributed by atoms with van der Waals surface area (Å²) >= 11 is 0. The van der Waals surface area contributed by atoms with Crippen LogP contribution in [0.4, 0.5) is 11.5 Å². The highest BCUT2D eigenvalue weighted by molar-refractivity contribution is 6.03. The van der Waals surface area contributed by atoms with Crippen molar-refractivity contribution in [1.29, 1.82) is 0 Å². The van der Waals surface area contributed by atoms with Crippen LogP contribution >= 0.6 is 0 Å². The number of hydrogen-bond acceptors (Lipinski definition) is 7. The van der Waals surface area contributed by atoms with Crippen LogP contribution in [0.25, 0.3) is 11.3 Å². The van der Waals surface area contributed by atoms with Gasteiger partial charge >= 0.3 is 0 Å². The van der Waals surface area contributed by atoms with E-state index in [1.165, 1.54) is 0 Å². The Morgan fingerprint density at radius 2 is 2.10 bits per heavy atom. The average Bonchev–Trinajstić information content (AvgIpc) is 2.92. The molecule has 0 spiro atoms. The molecular weight excluding hydrogens is 364 g/mol. The summed E-state index contributed by atoms with van der Waals surface area (Å²) in [7, 11) is 1.68. The molecule has 29 heavy (non-hydrogen) atoms. The van der Waals surface area contributed by atoms with E-state index in [1.807, 2.05) is 53.9 Å². The maximum atomic E-state index is 5.31. The third-order valence-corrected chi connectivity index (χ3v) is 5.02. The smallest absolute Gasteiger partial charge is 0.139 e. The van der Waals surface area contributed by atoms with Gasteiger partial charge in [0, 0.05) is 35.6 Å². The lowest BCUT2D eigenvalue weighted by atomic mass is 10.0. The zero-order valence-corrected chi connectivity index (χ0v) is 16.0. The number of aromatic nitrogens is 2. The number of nitrogens with zero attached hydrogens (tertiary/aromatic N) is 4. The standard InChI is InChI=1S/C22H20N6O/c1-29-16-5-2-4-15(10-16)11-26-28-13-19-17-7-9-23-12-20(17)27-22-18(6-3-8-24-22)21(19)25-14-28/h2-10,12,14,26H,11,13H2,1H3,(H,24,27). The zero-order valence-electron chi connectivity index (χ0n) is 16.0. The van der Waals surface area contributed by atoms with Crippen LogP contribution in [0.2, 0.25) is 0 Å². The van der Waals surface area contributed by atoms with E-state index < -0.39 is 0 Å². The normalized spacial score (nSPS) is 14.4. The summed E-state index contributed by atoms with van der Waals surface area (Å²) in [6.45, 7) is 1.35. The van der Waals surface area contributed by atoms with Gasteiger partial charge in [-0.3, -0.25) is 9.99 Å². The van der Waals surface area contributed by atoms with E-state index in [2.05, 4.69) is 26.8 Å². The van der Waals surface area contributed by atoms with Gasteiger partial charge in [-0.25, -0.2) is 15.4 Å². The summed E-state index contributed by atoms with van der Waals surface area (Å²) in [6, 6.07) is 14.0. The summed E-state index contributed by atoms with van der Waals surface area (Å²) in [5.74, 6) is 1.64. The van der Waals surface area contributed by atoms with Crippen molar-refractivity contribution in [2.45, 2.75) is 6.54 Å². The molecule has 2 aliphatic heterocycles. The van der Waals surface area contributed by atoms with Crippen LogP contribution in [0, 0.1) is 0 Å². The Morgan fingerprint density at radius 1 is 1.14 bits per heavy atom. The fraction of sp³-hybridized carbons (Fsp3) is 0.136. The molecule has 0 saturated carbocycles. The maximum absolute atomic E-state index is 5.31. The molecule has 5 rings (SSSR count). The van der Waals surface area contributed by atoms with Crippen molar-refractivity contribution in [2.24, 2.45) is 4.99 Å². The number of aliphatic imine (C=N–C) groups is 1. The van der Waals surface area contributed by atoms with Crippen molar-refractivity contribution < 1.29 is 4.74 Å². The molecule has 0 bridgehead atoms. The minimum atomic E-state index is 0.672. The molecule has 7 heteroatoms. The topological polar surface area (TPSA) is 74.7 Å². The van der Waals surface area contributed by atoms with Crippen LogP contribution in [0.5, 0.6) is 5.75 Å². The number of hydrazine groups is 1. The number of ether oxygens (including phenoxy) is 1. The minimum absolute atomic E-state index is 0.672. The molecule has 0 amide bonds. The van der Waals surface area contributed by atoms with E-state index in [1.54, 1.807) is 19.5 Å². The van der Waals surface area contributed by atoms with Gasteiger partial charge in [-0.05, 0) is 35.9 Å². The fourth-order valence-electron chi connectivity index (χ4n) is 3.59. The quantitative estimate of drug-likeness (QED) is 0.718. The molecule has 0 unspecified atom stereocenters. The predicted octanol–water partition coefficient (Wildman–Crippen LogP) is 3.46. The summed E-state index contributed by atoms with van der Waals surface area (Å²) in [6.07, 6.45) is 7.25. The monoisotopic (exact) mass is 384 g/mol. The third-order valence-electron chi connectivity index (χ3n) is 5.02. The van der Waals surface area contributed by atoms with Gasteiger partial charge < -0.3 is 10.1 Å². The highest BCUT2D eigenvalue weighted by Crippen LogP contribution is 2.40. The van der Waals surface area contributed by atoms with Crippen molar-refractivity contribution in [3.8, 4) is 5.75 Å². The van der Waals surface area contributed by atoms with Crippen molar-refractivity contribution in [3.63, 3.8) is 0 Å². The molecule has 0 fully saturated rings. The summed E-state index contributed by atoms with van der Waals surface area (Å²) in [4.78, 5) is 13.5. The van der Waals surface area contributed by atoms with Gasteiger partial charge in [0.05, 0.1) is 31.2 Å². The van der Waals surface area contributed by atoms with E-state index in [-0.39, 0.29) is 0 Å². The van der Waals surface area contributed by atoms with Gasteiger partial charge in [-0.1, -0.05) is 12.1 Å². The molecule has 0 atom stereocenters. The Kier molecular flexibility index (Phi) is 4.42. The fourth-order valence-corrected chi connectivity index (χ4v) is 3.59. The number of rotatable bonds is 4. The van der Waals surface area contributed by atoms with Crippen LogP contribution in [-0.2, 0) is 6.54 Å². The molecule has 3 aromatic rings. The lowest BCUT2D eigenvalue weighted by Gasteiger charge is -2.27. The lowest BCUT2D eigenvalue weighted by Crippen LogP contribution is -2.39. The van der Waals surface area contributed by atoms with Crippen LogP contribution in [0.3, 0.4) is 0 Å². The Morgan fingerprint density at radius 3 is 3.03 bits per heavy atom. The molecule has 1 aromatic carbocycles. The number of nitrogens with one attached hydrogen (secondary N) is 2. The first-order chi connectivity index (χ1) is 14.3. The maximum Gasteiger partial charge on any atom is 0.139 e. The van der Waals surface area contributed by atoms with Gasteiger partial charge in [0.2, 0.25) is 0 Å². The zero-order chi connectivity index (χ0) is 19.6. The number of pyridine rings is 2. The molecule has 7 nitrogen and oxygen atoms in total. The molecule has 144 valence electrons. The Hall–Kier alpha value is -3.71. The summed E-state index contributed by atoms with van der Waals surface area (Å²) < 4.78 is 5.31. The van der Waals surface area contributed by atoms with E-state index in [4.69, 9.17) is 9.73 Å². The molecule has 4 heterocycles. The first-order valence-corrected chi connectivity index (χ1v) is 9.39. The second-order valence-electron chi connectivity index (χ2n) is 6.83. The highest BCUT2D eigenvalue weighted by atomic mass is 16.5. The molecule has 2 aromatic heterocycles. The van der Waals surface area contributed by atoms with Crippen molar-refractivity contribution >= 4 is 29.1 Å². The van der Waals surface area contributed by atoms with Crippen LogP contribution in [0.1, 0.15) is 16.7 Å². The second-order valence-corrected chi connectivity index (χ2v) is 6.83. The Bertz CT molecular complexity index is 1120. The van der Waals surface area contributed by atoms with Gasteiger partial charge in [-0.2, -0.15) is 0 Å². The van der Waals surface area contributed by atoms with E-state index >= 15 is 0 Å². The SMILES string of the molecule is COc1cccc(CNN2C=NC3=C(C2)c2ccncc2Nc2ncccc23)c1. The minimum Gasteiger partial charge on any atom is -0.497 e. The van der Waals surface area contributed by atoms with Gasteiger partial charge in [0.15, 0.2) is 0 Å². The first-order valence-electron chi connectivity index (χ1n) is 9.39. The largest absolute Gasteiger partial charge is 0.497 e. The van der Waals surface area contributed by atoms with Crippen molar-refractivity contribution in [2.75, 3.05) is 19.0 Å². The van der Waals surface area contributed by atoms with E-state index in [0.29, 0.717) is 13.1 Å². The third kappa shape index (κ3) is 3.32. The predicted molar refractivity (Wildman–Crippen MR) is 114 cm³/mol. The van der Waals surface area contributed by atoms with E-state index in [0.717, 1.165) is 45.2 Å². The molecule has 0 radical (unpaired) electrons. The van der Waals surface area contributed by atoms with Crippen molar-refractivity contribution in [3.05, 3.63) is 77.7 Å². The Labute approximate surface area is 168 Å². The van der Waals surface area contributed by atoms with Crippen LogP contribution in [-0.4, -0.2) is 35.0 Å². The number of anilines is 2. The van der Waals surface area contributed by atoms with Crippen molar-refractivity contribution in [1.82, 2.24) is 20.4 Å². The molecule has 0 aliphatic carbocycles. The van der Waals surface area contributed by atoms with Crippen LogP contribution in [0.15, 0.2) is 66.0 Å². The molecule has 2 aliphatic rings. The summed E-state index contributed by atoms with van der Waals surface area (Å²) in [5, 5.41) is 5.41. The molecular formula is C22H20N6O. The molecule has 0 saturated heterocycles. The first kappa shape index (κ1) is 17.4. The van der Waals surface area contributed by atoms with Crippen LogP contribution < -0.4 is 15.5 Å². The summed E-state index contributed by atoms with van der Waals surface area (Å²) in [5.41, 5.74) is 9.64. The number of hydrogen-bond donors (Lipinski definition) is 2. The molecule has 2 N–H and O–H groups in total. The van der Waals surface area contributed by atoms with E-state index in [9.17, 15) is 0 Å². The number of fused-ring (bicyclic) bond motifs is 4. The van der Waals surface area contributed by atoms with Gasteiger partial charge in [0.1, 0.15) is 17.9 Å². The number of methoxy groups -OCH3 is 1. The van der Waals surface area contributed by atoms with Gasteiger partial charge in [0.25, 0.3) is 0 Å².